The highest BCUT2D eigenvalue weighted by Crippen LogP contribution is 2.31. The van der Waals surface area contributed by atoms with Gasteiger partial charge >= 0.3 is 0 Å². The first kappa shape index (κ1) is 16.8. The zero-order chi connectivity index (χ0) is 17.9. The van der Waals surface area contributed by atoms with Gasteiger partial charge in [0.25, 0.3) is 0 Å². The number of hydrogen-bond donors (Lipinski definition) is 0. The third kappa shape index (κ3) is 3.34. The minimum Gasteiger partial charge on any atom is -0.337 e. The summed E-state index contributed by atoms with van der Waals surface area (Å²) < 4.78 is 3.99. The zero-order valence-electron chi connectivity index (χ0n) is 15.1. The van der Waals surface area contributed by atoms with Crippen molar-refractivity contribution in [3.05, 3.63) is 48.6 Å². The van der Waals surface area contributed by atoms with E-state index in [2.05, 4.69) is 23.0 Å². The number of amides is 1. The zero-order valence-corrected chi connectivity index (χ0v) is 15.1. The number of hydrogen-bond acceptors (Lipinski definition) is 4. The number of nitrogens with zero attached hydrogens (tertiary/aromatic N) is 6. The first-order valence-corrected chi connectivity index (χ1v) is 9.28. The number of carbonyl (C=O) groups is 1. The van der Waals surface area contributed by atoms with Crippen LogP contribution in [0.15, 0.2) is 37.2 Å². The van der Waals surface area contributed by atoms with E-state index in [4.69, 9.17) is 4.98 Å². The third-order valence-electron chi connectivity index (χ3n) is 5.12. The number of likely N-dealkylation sites (tertiary alicyclic amines) is 1. The fraction of sp³-hybridized carbons (Fsp3) is 0.474. The Morgan fingerprint density at radius 1 is 1.27 bits per heavy atom. The van der Waals surface area contributed by atoms with Crippen LogP contribution in [0, 0.1) is 6.92 Å². The standard InChI is InChI=1S/C19H24N6O/c1-15-13-16(22-19-21-8-12-24(15)19)17-5-2-3-10-25(17)18(26)6-4-9-23-11-7-20-14-23/h7-8,11-14,17H,2-6,9-10H2,1H3/t17-/m1/s1. The predicted octanol–water partition coefficient (Wildman–Crippen LogP) is 2.77. The maximum atomic E-state index is 12.9. The van der Waals surface area contributed by atoms with Crippen LogP contribution in [0.3, 0.4) is 0 Å². The normalized spacial score (nSPS) is 17.7. The van der Waals surface area contributed by atoms with Gasteiger partial charge in [-0.05, 0) is 38.7 Å². The lowest BCUT2D eigenvalue weighted by molar-refractivity contribution is -0.135. The molecule has 4 heterocycles. The average Bonchev–Trinajstić information content (AvgIpc) is 3.33. The van der Waals surface area contributed by atoms with Gasteiger partial charge in [0.05, 0.1) is 18.1 Å². The fourth-order valence-electron chi connectivity index (χ4n) is 3.77. The number of piperidine rings is 1. The van der Waals surface area contributed by atoms with Crippen molar-refractivity contribution in [3.63, 3.8) is 0 Å². The van der Waals surface area contributed by atoms with Crippen LogP contribution in [0.25, 0.3) is 5.78 Å². The summed E-state index contributed by atoms with van der Waals surface area (Å²) in [7, 11) is 0. The minimum absolute atomic E-state index is 0.0601. The quantitative estimate of drug-likeness (QED) is 0.708. The molecule has 1 aliphatic heterocycles. The van der Waals surface area contributed by atoms with Gasteiger partial charge in [-0.25, -0.2) is 15.0 Å². The van der Waals surface area contributed by atoms with Crippen molar-refractivity contribution >= 4 is 11.7 Å². The minimum atomic E-state index is 0.0601. The SMILES string of the molecule is Cc1cc([C@H]2CCCCN2C(=O)CCCn2ccnc2)nc2nccn12. The Morgan fingerprint density at radius 3 is 3.04 bits per heavy atom. The molecule has 7 heteroatoms. The van der Waals surface area contributed by atoms with Gasteiger partial charge in [0.1, 0.15) is 0 Å². The van der Waals surface area contributed by atoms with Crippen LogP contribution in [0.1, 0.15) is 49.5 Å². The second-order valence-corrected chi connectivity index (χ2v) is 6.92. The van der Waals surface area contributed by atoms with E-state index in [1.807, 2.05) is 26.3 Å². The number of carbonyl (C=O) groups excluding carboxylic acids is 1. The van der Waals surface area contributed by atoms with Crippen molar-refractivity contribution in [1.82, 2.24) is 28.8 Å². The van der Waals surface area contributed by atoms with Crippen LogP contribution in [0.4, 0.5) is 0 Å². The molecule has 26 heavy (non-hydrogen) atoms. The van der Waals surface area contributed by atoms with Crippen LogP contribution >= 0.6 is 0 Å². The van der Waals surface area contributed by atoms with Gasteiger partial charge in [0.15, 0.2) is 0 Å². The van der Waals surface area contributed by atoms with E-state index in [-0.39, 0.29) is 11.9 Å². The summed E-state index contributed by atoms with van der Waals surface area (Å²) in [4.78, 5) is 28.0. The molecule has 3 aromatic rings. The van der Waals surface area contributed by atoms with E-state index >= 15 is 0 Å². The van der Waals surface area contributed by atoms with Crippen LogP contribution in [0.2, 0.25) is 0 Å². The average molecular weight is 352 g/mol. The number of aryl methyl sites for hydroxylation is 2. The van der Waals surface area contributed by atoms with Crippen molar-refractivity contribution < 1.29 is 4.79 Å². The van der Waals surface area contributed by atoms with Crippen molar-refractivity contribution in [2.24, 2.45) is 0 Å². The van der Waals surface area contributed by atoms with Gasteiger partial charge in [-0.2, -0.15) is 0 Å². The number of aromatic nitrogens is 5. The second kappa shape index (κ2) is 7.27. The lowest BCUT2D eigenvalue weighted by Gasteiger charge is -2.35. The summed E-state index contributed by atoms with van der Waals surface area (Å²) in [6, 6.07) is 2.15. The van der Waals surface area contributed by atoms with E-state index < -0.39 is 0 Å². The highest BCUT2D eigenvalue weighted by atomic mass is 16.2. The molecule has 0 aliphatic carbocycles. The lowest BCUT2D eigenvalue weighted by atomic mass is 9.98. The first-order chi connectivity index (χ1) is 12.7. The molecular weight excluding hydrogens is 328 g/mol. The van der Waals surface area contributed by atoms with E-state index in [9.17, 15) is 4.79 Å². The Balaban J connectivity index is 1.48. The maximum absolute atomic E-state index is 12.9. The summed E-state index contributed by atoms with van der Waals surface area (Å²) >= 11 is 0. The number of fused-ring (bicyclic) bond motifs is 1. The summed E-state index contributed by atoms with van der Waals surface area (Å²) in [6.07, 6.45) is 13.7. The molecule has 3 aromatic heterocycles. The highest BCUT2D eigenvalue weighted by Gasteiger charge is 2.29. The van der Waals surface area contributed by atoms with Gasteiger partial charge in [-0.15, -0.1) is 0 Å². The maximum Gasteiger partial charge on any atom is 0.234 e. The molecule has 0 unspecified atom stereocenters. The Kier molecular flexibility index (Phi) is 4.69. The second-order valence-electron chi connectivity index (χ2n) is 6.92. The largest absolute Gasteiger partial charge is 0.337 e. The van der Waals surface area contributed by atoms with Crippen LogP contribution in [-0.4, -0.2) is 41.3 Å². The third-order valence-corrected chi connectivity index (χ3v) is 5.12. The molecule has 136 valence electrons. The summed E-state index contributed by atoms with van der Waals surface area (Å²) in [5.41, 5.74) is 2.06. The molecule has 0 saturated carbocycles. The molecule has 0 bridgehead atoms. The van der Waals surface area contributed by atoms with E-state index in [1.54, 1.807) is 18.7 Å². The summed E-state index contributed by atoms with van der Waals surface area (Å²) in [5.74, 6) is 0.926. The van der Waals surface area contributed by atoms with E-state index in [0.717, 1.165) is 50.2 Å². The van der Waals surface area contributed by atoms with Crippen LogP contribution < -0.4 is 0 Å². The Bertz CT molecular complexity index is 885. The Labute approximate surface area is 152 Å². The van der Waals surface area contributed by atoms with Gasteiger partial charge in [-0.3, -0.25) is 9.20 Å². The molecule has 7 nitrogen and oxygen atoms in total. The molecule has 0 aromatic carbocycles. The van der Waals surface area contributed by atoms with Gasteiger partial charge < -0.3 is 9.47 Å². The molecular formula is C19H24N6O. The van der Waals surface area contributed by atoms with Crippen molar-refractivity contribution in [2.75, 3.05) is 6.54 Å². The molecule has 1 fully saturated rings. The lowest BCUT2D eigenvalue weighted by Crippen LogP contribution is -2.39. The van der Waals surface area contributed by atoms with Crippen molar-refractivity contribution in [1.29, 1.82) is 0 Å². The molecule has 0 spiro atoms. The van der Waals surface area contributed by atoms with E-state index in [1.165, 1.54) is 0 Å². The summed E-state index contributed by atoms with van der Waals surface area (Å²) in [5, 5.41) is 0. The fourth-order valence-corrected chi connectivity index (χ4v) is 3.77. The molecule has 1 amide bonds. The van der Waals surface area contributed by atoms with Crippen LogP contribution in [-0.2, 0) is 11.3 Å². The van der Waals surface area contributed by atoms with Gasteiger partial charge in [0, 0.05) is 50.0 Å². The van der Waals surface area contributed by atoms with Gasteiger partial charge in [0.2, 0.25) is 11.7 Å². The highest BCUT2D eigenvalue weighted by molar-refractivity contribution is 5.76. The molecule has 1 saturated heterocycles. The molecule has 0 radical (unpaired) electrons. The first-order valence-electron chi connectivity index (χ1n) is 9.28. The molecule has 0 N–H and O–H groups in total. The topological polar surface area (TPSA) is 68.3 Å². The molecule has 1 atom stereocenters. The number of rotatable bonds is 5. The molecule has 4 rings (SSSR count). The summed E-state index contributed by atoms with van der Waals surface area (Å²) in [6.45, 7) is 3.69. The van der Waals surface area contributed by atoms with E-state index in [0.29, 0.717) is 12.2 Å². The predicted molar refractivity (Wildman–Crippen MR) is 97.5 cm³/mol. The smallest absolute Gasteiger partial charge is 0.234 e. The number of imidazole rings is 2. The Hall–Kier alpha value is -2.70. The van der Waals surface area contributed by atoms with Crippen molar-refractivity contribution in [3.8, 4) is 0 Å². The van der Waals surface area contributed by atoms with Crippen LogP contribution in [0.5, 0.6) is 0 Å². The van der Waals surface area contributed by atoms with Crippen molar-refractivity contribution in [2.45, 2.75) is 51.6 Å². The monoisotopic (exact) mass is 352 g/mol. The van der Waals surface area contributed by atoms with Gasteiger partial charge in [-0.1, -0.05) is 0 Å². The molecule has 1 aliphatic rings. The Morgan fingerprint density at radius 2 is 2.19 bits per heavy atom.